The van der Waals surface area contributed by atoms with Crippen LogP contribution >= 0.6 is 0 Å². The average Bonchev–Trinajstić information content (AvgIpc) is 2.54. The molecule has 2 rings (SSSR count). The van der Waals surface area contributed by atoms with E-state index in [-0.39, 0.29) is 5.91 Å². The molecule has 0 spiro atoms. The second-order valence-corrected chi connectivity index (χ2v) is 5.00. The van der Waals surface area contributed by atoms with Gasteiger partial charge in [0.05, 0.1) is 6.61 Å². The van der Waals surface area contributed by atoms with Crippen LogP contribution in [0.3, 0.4) is 0 Å². The highest BCUT2D eigenvalue weighted by Crippen LogP contribution is 2.13. The number of anilines is 1. The fourth-order valence-corrected chi connectivity index (χ4v) is 2.07. The lowest BCUT2D eigenvalue weighted by Crippen LogP contribution is -2.28. The number of amides is 3. The number of methoxy groups -OCH3 is 1. The van der Waals surface area contributed by atoms with E-state index < -0.39 is 6.03 Å². The maximum atomic E-state index is 12.2. The van der Waals surface area contributed by atoms with Crippen molar-refractivity contribution in [1.82, 2.24) is 5.32 Å². The standard InChI is InChI=1S/C17H19N3O3/c1-23-11-13-3-2-4-15(9-13)20-16(21)14-7-5-12(6-8-14)10-19-17(18)22/h2-9H,10-11H2,1H3,(H,20,21)(H3,18,19,22). The van der Waals surface area contributed by atoms with Crippen molar-refractivity contribution in [2.45, 2.75) is 13.2 Å². The lowest BCUT2D eigenvalue weighted by molar-refractivity contribution is 0.102. The fraction of sp³-hybridized carbons (Fsp3) is 0.176. The van der Waals surface area contributed by atoms with Crippen LogP contribution in [0.15, 0.2) is 48.5 Å². The van der Waals surface area contributed by atoms with E-state index in [9.17, 15) is 9.59 Å². The lowest BCUT2D eigenvalue weighted by atomic mass is 10.1. The molecule has 0 radical (unpaired) electrons. The van der Waals surface area contributed by atoms with Gasteiger partial charge in [0.25, 0.3) is 5.91 Å². The maximum Gasteiger partial charge on any atom is 0.312 e. The highest BCUT2D eigenvalue weighted by atomic mass is 16.5. The quantitative estimate of drug-likeness (QED) is 0.763. The van der Waals surface area contributed by atoms with E-state index >= 15 is 0 Å². The molecule has 120 valence electrons. The normalized spacial score (nSPS) is 10.1. The van der Waals surface area contributed by atoms with Gasteiger partial charge in [-0.1, -0.05) is 24.3 Å². The van der Waals surface area contributed by atoms with Gasteiger partial charge in [0, 0.05) is 24.9 Å². The molecule has 0 aliphatic carbocycles. The first kappa shape index (κ1) is 16.5. The predicted octanol–water partition coefficient (Wildman–Crippen LogP) is 2.25. The largest absolute Gasteiger partial charge is 0.380 e. The number of hydrogen-bond acceptors (Lipinski definition) is 3. The molecule has 2 aromatic carbocycles. The Hall–Kier alpha value is -2.86. The highest BCUT2D eigenvalue weighted by Gasteiger charge is 2.06. The summed E-state index contributed by atoms with van der Waals surface area (Å²) in [6.07, 6.45) is 0. The van der Waals surface area contributed by atoms with Crippen LogP contribution in [0.2, 0.25) is 0 Å². The number of primary amides is 1. The van der Waals surface area contributed by atoms with Crippen molar-refractivity contribution in [1.29, 1.82) is 0 Å². The molecule has 6 nitrogen and oxygen atoms in total. The molecule has 0 saturated carbocycles. The summed E-state index contributed by atoms with van der Waals surface area (Å²) in [5.41, 5.74) is 8.11. The molecule has 0 aromatic heterocycles. The van der Waals surface area contributed by atoms with E-state index in [0.29, 0.717) is 24.4 Å². The van der Waals surface area contributed by atoms with Crippen LogP contribution in [0, 0.1) is 0 Å². The van der Waals surface area contributed by atoms with Crippen molar-refractivity contribution in [3.05, 3.63) is 65.2 Å². The number of hydrogen-bond donors (Lipinski definition) is 3. The van der Waals surface area contributed by atoms with Crippen LogP contribution in [-0.2, 0) is 17.9 Å². The van der Waals surface area contributed by atoms with E-state index in [0.717, 1.165) is 11.1 Å². The number of carbonyl (C=O) groups is 2. The van der Waals surface area contributed by atoms with Crippen LogP contribution < -0.4 is 16.4 Å². The molecule has 2 aromatic rings. The third-order valence-electron chi connectivity index (χ3n) is 3.18. The summed E-state index contributed by atoms with van der Waals surface area (Å²) in [4.78, 5) is 22.9. The summed E-state index contributed by atoms with van der Waals surface area (Å²) >= 11 is 0. The molecule has 6 heteroatoms. The molecule has 3 amide bonds. The Labute approximate surface area is 134 Å². The summed E-state index contributed by atoms with van der Waals surface area (Å²) < 4.78 is 5.07. The van der Waals surface area contributed by atoms with Gasteiger partial charge in [-0.25, -0.2) is 4.79 Å². The minimum Gasteiger partial charge on any atom is -0.380 e. The Morgan fingerprint density at radius 1 is 1.09 bits per heavy atom. The Morgan fingerprint density at radius 3 is 2.48 bits per heavy atom. The molecule has 0 heterocycles. The van der Waals surface area contributed by atoms with Gasteiger partial charge in [-0.05, 0) is 35.4 Å². The summed E-state index contributed by atoms with van der Waals surface area (Å²) in [5, 5.41) is 5.34. The summed E-state index contributed by atoms with van der Waals surface area (Å²) in [5.74, 6) is -0.200. The van der Waals surface area contributed by atoms with Gasteiger partial charge in [-0.2, -0.15) is 0 Å². The lowest BCUT2D eigenvalue weighted by Gasteiger charge is -2.08. The van der Waals surface area contributed by atoms with E-state index in [2.05, 4.69) is 10.6 Å². The molecule has 0 atom stereocenters. The average molecular weight is 313 g/mol. The molecule has 0 aliphatic rings. The van der Waals surface area contributed by atoms with E-state index in [1.807, 2.05) is 24.3 Å². The van der Waals surface area contributed by atoms with E-state index in [1.54, 1.807) is 31.4 Å². The zero-order valence-corrected chi connectivity index (χ0v) is 12.8. The van der Waals surface area contributed by atoms with Crippen molar-refractivity contribution < 1.29 is 14.3 Å². The maximum absolute atomic E-state index is 12.2. The molecular formula is C17H19N3O3. The van der Waals surface area contributed by atoms with E-state index in [1.165, 1.54) is 0 Å². The number of urea groups is 1. The number of carbonyl (C=O) groups excluding carboxylic acids is 2. The number of nitrogens with two attached hydrogens (primary N) is 1. The molecule has 4 N–H and O–H groups in total. The molecule has 0 aliphatic heterocycles. The highest BCUT2D eigenvalue weighted by molar-refractivity contribution is 6.04. The molecule has 0 bridgehead atoms. The van der Waals surface area contributed by atoms with Crippen molar-refractivity contribution in [2.24, 2.45) is 5.73 Å². The monoisotopic (exact) mass is 313 g/mol. The Balaban J connectivity index is 2.00. The van der Waals surface area contributed by atoms with Gasteiger partial charge in [0.1, 0.15) is 0 Å². The summed E-state index contributed by atoms with van der Waals surface area (Å²) in [7, 11) is 1.62. The molecule has 0 saturated heterocycles. The van der Waals surface area contributed by atoms with Crippen molar-refractivity contribution in [3.63, 3.8) is 0 Å². The van der Waals surface area contributed by atoms with Crippen LogP contribution in [-0.4, -0.2) is 19.0 Å². The molecule has 0 fully saturated rings. The van der Waals surface area contributed by atoms with Gasteiger partial charge < -0.3 is 21.1 Å². The fourth-order valence-electron chi connectivity index (χ4n) is 2.07. The zero-order chi connectivity index (χ0) is 16.7. The van der Waals surface area contributed by atoms with Crippen molar-refractivity contribution in [2.75, 3.05) is 12.4 Å². The third kappa shape index (κ3) is 5.12. The number of rotatable bonds is 6. The van der Waals surface area contributed by atoms with Crippen molar-refractivity contribution >= 4 is 17.6 Å². The first-order valence-electron chi connectivity index (χ1n) is 7.10. The van der Waals surface area contributed by atoms with Gasteiger partial charge in [-0.15, -0.1) is 0 Å². The Bertz CT molecular complexity index is 684. The molecule has 23 heavy (non-hydrogen) atoms. The zero-order valence-electron chi connectivity index (χ0n) is 12.8. The third-order valence-corrected chi connectivity index (χ3v) is 3.18. The first-order valence-corrected chi connectivity index (χ1v) is 7.10. The predicted molar refractivity (Wildman–Crippen MR) is 88.0 cm³/mol. The smallest absolute Gasteiger partial charge is 0.312 e. The second-order valence-electron chi connectivity index (χ2n) is 5.00. The topological polar surface area (TPSA) is 93.4 Å². The Kier molecular flexibility index (Phi) is 5.71. The van der Waals surface area contributed by atoms with Gasteiger partial charge in [0.2, 0.25) is 0 Å². The summed E-state index contributed by atoms with van der Waals surface area (Å²) in [6.45, 7) is 0.821. The van der Waals surface area contributed by atoms with Crippen LogP contribution in [0.1, 0.15) is 21.5 Å². The number of ether oxygens (including phenoxy) is 1. The van der Waals surface area contributed by atoms with Gasteiger partial charge in [-0.3, -0.25) is 4.79 Å². The minimum absolute atomic E-state index is 0.200. The SMILES string of the molecule is COCc1cccc(NC(=O)c2ccc(CNC(N)=O)cc2)c1. The van der Waals surface area contributed by atoms with Crippen LogP contribution in [0.5, 0.6) is 0 Å². The summed E-state index contributed by atoms with van der Waals surface area (Å²) in [6, 6.07) is 13.8. The van der Waals surface area contributed by atoms with Crippen LogP contribution in [0.25, 0.3) is 0 Å². The molecular weight excluding hydrogens is 294 g/mol. The van der Waals surface area contributed by atoms with E-state index in [4.69, 9.17) is 10.5 Å². The van der Waals surface area contributed by atoms with Gasteiger partial charge >= 0.3 is 6.03 Å². The Morgan fingerprint density at radius 2 is 1.83 bits per heavy atom. The minimum atomic E-state index is -0.581. The number of nitrogens with one attached hydrogen (secondary N) is 2. The number of benzene rings is 2. The van der Waals surface area contributed by atoms with Crippen molar-refractivity contribution in [3.8, 4) is 0 Å². The van der Waals surface area contributed by atoms with Gasteiger partial charge in [0.15, 0.2) is 0 Å². The van der Waals surface area contributed by atoms with Crippen LogP contribution in [0.4, 0.5) is 10.5 Å². The second kappa shape index (κ2) is 7.95. The first-order chi connectivity index (χ1) is 11.1. The molecule has 0 unspecified atom stereocenters.